The Labute approximate surface area is 185 Å². The van der Waals surface area contributed by atoms with Gasteiger partial charge in [-0.2, -0.15) is 5.10 Å². The minimum atomic E-state index is -0.647. The average molecular weight is 438 g/mol. The molecule has 3 aromatic rings. The van der Waals surface area contributed by atoms with Crippen LogP contribution in [0.3, 0.4) is 0 Å². The van der Waals surface area contributed by atoms with Crippen molar-refractivity contribution in [2.75, 3.05) is 11.6 Å². The van der Waals surface area contributed by atoms with Crippen molar-refractivity contribution in [3.63, 3.8) is 0 Å². The molecule has 168 valence electrons. The van der Waals surface area contributed by atoms with E-state index in [0.717, 1.165) is 22.4 Å². The van der Waals surface area contributed by atoms with Crippen molar-refractivity contribution in [1.82, 2.24) is 15.2 Å². The highest BCUT2D eigenvalue weighted by Gasteiger charge is 2.19. The van der Waals surface area contributed by atoms with Crippen LogP contribution in [-0.4, -0.2) is 28.7 Å². The van der Waals surface area contributed by atoms with Crippen molar-refractivity contribution in [3.05, 3.63) is 59.2 Å². The molecule has 0 saturated carbocycles. The van der Waals surface area contributed by atoms with Gasteiger partial charge in [-0.25, -0.2) is 26.2 Å². The number of ether oxygens (including phenoxy) is 2. The van der Waals surface area contributed by atoms with Gasteiger partial charge < -0.3 is 9.47 Å². The van der Waals surface area contributed by atoms with E-state index in [4.69, 9.17) is 21.2 Å². The fourth-order valence-corrected chi connectivity index (χ4v) is 3.31. The molecule has 0 unspecified atom stereocenters. The van der Waals surface area contributed by atoms with Gasteiger partial charge in [-0.05, 0) is 43.7 Å². The number of amides is 2. The maximum atomic E-state index is 11.8. The van der Waals surface area contributed by atoms with Crippen LogP contribution in [0.25, 0.3) is 11.3 Å². The van der Waals surface area contributed by atoms with Gasteiger partial charge in [0, 0.05) is 18.2 Å². The van der Waals surface area contributed by atoms with Gasteiger partial charge in [0.2, 0.25) is 5.88 Å². The topological polar surface area (TPSA) is 138 Å². The van der Waals surface area contributed by atoms with Gasteiger partial charge in [-0.3, -0.25) is 10.2 Å². The van der Waals surface area contributed by atoms with E-state index in [9.17, 15) is 9.59 Å². The number of hydrogen-bond acceptors (Lipinski definition) is 7. The third kappa shape index (κ3) is 4.56. The molecule has 32 heavy (non-hydrogen) atoms. The van der Waals surface area contributed by atoms with Crippen molar-refractivity contribution in [2.24, 2.45) is 18.7 Å². The molecule has 0 atom stereocenters. The lowest BCUT2D eigenvalue weighted by molar-refractivity contribution is 0.112. The number of nitrogens with zero attached hydrogens (tertiary/aromatic N) is 3. The Morgan fingerprint density at radius 1 is 1.25 bits per heavy atom. The normalized spacial score (nSPS) is 10.5. The summed E-state index contributed by atoms with van der Waals surface area (Å²) in [5.74, 6) is 12.1. The van der Waals surface area contributed by atoms with Crippen LogP contribution in [0.1, 0.15) is 28.4 Å². The van der Waals surface area contributed by atoms with Crippen LogP contribution in [0, 0.1) is 6.92 Å². The maximum absolute atomic E-state index is 11.8. The number of nitrogens with two attached hydrogens (primary N) is 2. The molecule has 0 aliphatic heterocycles. The predicted molar refractivity (Wildman–Crippen MR) is 120 cm³/mol. The Bertz CT molecular complexity index is 1130. The van der Waals surface area contributed by atoms with Crippen molar-refractivity contribution >= 4 is 18.0 Å². The second-order valence-corrected chi connectivity index (χ2v) is 6.96. The molecule has 10 heteroatoms. The molecule has 1 heterocycles. The number of aryl methyl sites for hydroxylation is 2. The summed E-state index contributed by atoms with van der Waals surface area (Å²) in [4.78, 5) is 23.4. The van der Waals surface area contributed by atoms with Crippen molar-refractivity contribution in [2.45, 2.75) is 20.5 Å². The highest BCUT2D eigenvalue weighted by Crippen LogP contribution is 2.32. The van der Waals surface area contributed by atoms with E-state index in [2.05, 4.69) is 5.10 Å². The molecule has 0 saturated heterocycles. The average Bonchev–Trinajstić information content (AvgIpc) is 3.12. The van der Waals surface area contributed by atoms with Gasteiger partial charge in [-0.15, -0.1) is 0 Å². The molecular weight excluding hydrogens is 412 g/mol. The van der Waals surface area contributed by atoms with E-state index < -0.39 is 6.03 Å². The summed E-state index contributed by atoms with van der Waals surface area (Å²) in [7, 11) is 1.73. The van der Waals surface area contributed by atoms with E-state index >= 15 is 0 Å². The fraction of sp³-hybridized carbons (Fsp3) is 0.227. The third-order valence-corrected chi connectivity index (χ3v) is 4.85. The van der Waals surface area contributed by atoms with Gasteiger partial charge in [0.05, 0.1) is 12.3 Å². The number of benzene rings is 2. The van der Waals surface area contributed by atoms with Crippen molar-refractivity contribution < 1.29 is 19.1 Å². The number of hydrazine groups is 2. The molecular formula is C22H26N6O4. The Morgan fingerprint density at radius 2 is 2.00 bits per heavy atom. The summed E-state index contributed by atoms with van der Waals surface area (Å²) in [5, 5.41) is 5.37. The molecule has 0 fully saturated rings. The molecule has 0 radical (unpaired) electrons. The van der Waals surface area contributed by atoms with Gasteiger partial charge in [0.1, 0.15) is 23.6 Å². The van der Waals surface area contributed by atoms with E-state index in [1.54, 1.807) is 23.9 Å². The highest BCUT2D eigenvalue weighted by molar-refractivity contribution is 5.91. The Balaban J connectivity index is 1.84. The lowest BCUT2D eigenvalue weighted by Gasteiger charge is -2.19. The number of hydrogen-bond donors (Lipinski definition) is 3. The number of para-hydroxylation sites is 1. The fourth-order valence-electron chi connectivity index (χ4n) is 3.31. The van der Waals surface area contributed by atoms with Crippen LogP contribution in [-0.2, 0) is 13.7 Å². The van der Waals surface area contributed by atoms with Crippen LogP contribution >= 0.6 is 0 Å². The molecule has 0 aliphatic carbocycles. The summed E-state index contributed by atoms with van der Waals surface area (Å²) < 4.78 is 13.1. The van der Waals surface area contributed by atoms with E-state index in [0.29, 0.717) is 40.7 Å². The summed E-state index contributed by atoms with van der Waals surface area (Å²) in [6, 6.07) is 12.0. The number of anilines is 1. The molecule has 1 aromatic heterocycles. The number of rotatable bonds is 8. The quantitative estimate of drug-likeness (QED) is 0.213. The van der Waals surface area contributed by atoms with E-state index in [-0.39, 0.29) is 6.61 Å². The number of carbonyl (C=O) groups excluding carboxylic acids is 2. The summed E-state index contributed by atoms with van der Waals surface area (Å²) in [6.45, 7) is 4.36. The first-order valence-corrected chi connectivity index (χ1v) is 9.93. The molecule has 2 aromatic carbocycles. The molecule has 5 N–H and O–H groups in total. The van der Waals surface area contributed by atoms with E-state index in [1.807, 2.05) is 49.6 Å². The molecule has 10 nitrogen and oxygen atoms in total. The Morgan fingerprint density at radius 3 is 2.66 bits per heavy atom. The largest absolute Gasteiger partial charge is 0.489 e. The van der Waals surface area contributed by atoms with Gasteiger partial charge in [0.25, 0.3) is 0 Å². The Hall–Kier alpha value is -3.89. The minimum Gasteiger partial charge on any atom is -0.489 e. The molecule has 0 aliphatic rings. The van der Waals surface area contributed by atoms with Gasteiger partial charge in [-0.1, -0.05) is 18.2 Å². The zero-order valence-corrected chi connectivity index (χ0v) is 18.2. The van der Waals surface area contributed by atoms with Crippen molar-refractivity contribution in [1.29, 1.82) is 0 Å². The number of urea groups is 1. The zero-order chi connectivity index (χ0) is 23.3. The van der Waals surface area contributed by atoms with Crippen LogP contribution in [0.15, 0.2) is 42.5 Å². The van der Waals surface area contributed by atoms with Gasteiger partial charge >= 0.3 is 6.03 Å². The SMILES string of the molecule is CCOc1c(C=O)c(-c2ccc(OCc3ccccc3N(N)C(=O)NN)c(C)c2)nn1C. The summed E-state index contributed by atoms with van der Waals surface area (Å²) >= 11 is 0. The lowest BCUT2D eigenvalue weighted by atomic mass is 10.1. The molecule has 0 spiro atoms. The first-order chi connectivity index (χ1) is 15.4. The molecule has 3 rings (SSSR count). The number of aldehydes is 1. The predicted octanol–water partition coefficient (Wildman–Crippen LogP) is 2.45. The van der Waals surface area contributed by atoms with Crippen LogP contribution < -0.4 is 31.6 Å². The minimum absolute atomic E-state index is 0.180. The first kappa shape index (κ1) is 22.8. The summed E-state index contributed by atoms with van der Waals surface area (Å²) in [5.41, 5.74) is 5.73. The van der Waals surface area contributed by atoms with E-state index in [1.165, 1.54) is 0 Å². The Kier molecular flexibility index (Phi) is 7.08. The summed E-state index contributed by atoms with van der Waals surface area (Å²) in [6.07, 6.45) is 0.750. The van der Waals surface area contributed by atoms with Crippen LogP contribution in [0.5, 0.6) is 11.6 Å². The molecule has 2 amide bonds. The third-order valence-electron chi connectivity index (χ3n) is 4.85. The zero-order valence-electron chi connectivity index (χ0n) is 18.2. The maximum Gasteiger partial charge on any atom is 0.350 e. The number of carbonyl (C=O) groups is 2. The van der Waals surface area contributed by atoms with Crippen LogP contribution in [0.2, 0.25) is 0 Å². The van der Waals surface area contributed by atoms with Gasteiger partial charge in [0.15, 0.2) is 6.29 Å². The molecule has 0 bridgehead atoms. The lowest BCUT2D eigenvalue weighted by Crippen LogP contribution is -2.48. The monoisotopic (exact) mass is 438 g/mol. The first-order valence-electron chi connectivity index (χ1n) is 9.93. The second-order valence-electron chi connectivity index (χ2n) is 6.96. The van der Waals surface area contributed by atoms with Crippen molar-refractivity contribution in [3.8, 4) is 22.9 Å². The second kappa shape index (κ2) is 9.94. The number of aromatic nitrogens is 2. The standard InChI is InChI=1S/C22H26N6O4/c1-4-31-21-17(12-29)20(26-27(21)3)15-9-10-19(14(2)11-15)32-13-16-7-5-6-8-18(16)28(24)22(30)25-23/h5-12H,4,13,23-24H2,1-3H3,(H,25,30). The highest BCUT2D eigenvalue weighted by atomic mass is 16.5. The van der Waals surface area contributed by atoms with Crippen LogP contribution in [0.4, 0.5) is 10.5 Å². The smallest absolute Gasteiger partial charge is 0.350 e. The number of nitrogens with one attached hydrogen (secondary N) is 1.